The number of carbonyl (C=O) groups excluding carboxylic acids is 4. The molecule has 10 nitrogen and oxygen atoms in total. The number of benzene rings is 2. The number of rotatable bonds is 5. The molecule has 3 N–H and O–H groups in total. The summed E-state index contributed by atoms with van der Waals surface area (Å²) in [4.78, 5) is 53.0. The number of piperidine rings is 1. The molecule has 0 radical (unpaired) electrons. The average Bonchev–Trinajstić information content (AvgIpc) is 3.21. The van der Waals surface area contributed by atoms with E-state index in [9.17, 15) is 19.2 Å². The summed E-state index contributed by atoms with van der Waals surface area (Å²) in [7, 11) is 0. The molecule has 0 aliphatic carbocycles. The van der Waals surface area contributed by atoms with Gasteiger partial charge in [0.15, 0.2) is 0 Å². The molecule has 194 valence electrons. The number of imide groups is 1. The van der Waals surface area contributed by atoms with Gasteiger partial charge in [-0.15, -0.1) is 0 Å². The Kier molecular flexibility index (Phi) is 7.03. The molecular weight excluding hydrogens is 498 g/mol. The van der Waals surface area contributed by atoms with Crippen LogP contribution in [0.25, 0.3) is 0 Å². The summed E-state index contributed by atoms with van der Waals surface area (Å²) in [6, 6.07) is 7.99. The van der Waals surface area contributed by atoms with Crippen LogP contribution in [-0.4, -0.2) is 61.0 Å². The molecule has 5 amide bonds. The Morgan fingerprint density at radius 2 is 1.95 bits per heavy atom. The minimum atomic E-state index is -0.659. The van der Waals surface area contributed by atoms with Gasteiger partial charge in [0.05, 0.1) is 13.2 Å². The zero-order valence-electron chi connectivity index (χ0n) is 20.4. The lowest BCUT2D eigenvalue weighted by atomic mass is 10.0. The molecule has 3 heterocycles. The summed E-state index contributed by atoms with van der Waals surface area (Å²) in [6.07, 6.45) is 0.524. The summed E-state index contributed by atoms with van der Waals surface area (Å²) >= 11 is 6.44. The first-order chi connectivity index (χ1) is 17.8. The van der Waals surface area contributed by atoms with E-state index in [1.54, 1.807) is 12.1 Å². The number of urea groups is 1. The molecule has 5 rings (SSSR count). The molecule has 0 saturated carbocycles. The van der Waals surface area contributed by atoms with Crippen LogP contribution in [-0.2, 0) is 27.4 Å². The van der Waals surface area contributed by atoms with Gasteiger partial charge in [-0.05, 0) is 48.2 Å². The number of ether oxygens (including phenoxy) is 1. The van der Waals surface area contributed by atoms with Crippen LogP contribution < -0.4 is 20.9 Å². The van der Waals surface area contributed by atoms with Gasteiger partial charge < -0.3 is 25.2 Å². The maximum atomic E-state index is 13.0. The van der Waals surface area contributed by atoms with Crippen LogP contribution in [0.1, 0.15) is 39.9 Å². The molecule has 2 aromatic carbocycles. The fourth-order valence-electron chi connectivity index (χ4n) is 4.94. The van der Waals surface area contributed by atoms with Gasteiger partial charge in [-0.3, -0.25) is 19.7 Å². The number of hydrogen-bond acceptors (Lipinski definition) is 6. The maximum Gasteiger partial charge on any atom is 0.319 e. The number of morpholine rings is 1. The maximum absolute atomic E-state index is 13.0. The number of carbonyl (C=O) groups is 4. The van der Waals surface area contributed by atoms with E-state index in [1.165, 1.54) is 4.90 Å². The second-order valence-corrected chi connectivity index (χ2v) is 9.81. The smallest absolute Gasteiger partial charge is 0.319 e. The van der Waals surface area contributed by atoms with Crippen molar-refractivity contribution in [2.45, 2.75) is 38.9 Å². The van der Waals surface area contributed by atoms with Crippen LogP contribution in [0.15, 0.2) is 30.3 Å². The van der Waals surface area contributed by atoms with Gasteiger partial charge in [0, 0.05) is 54.6 Å². The van der Waals surface area contributed by atoms with Crippen molar-refractivity contribution in [2.75, 3.05) is 36.5 Å². The van der Waals surface area contributed by atoms with E-state index in [4.69, 9.17) is 16.3 Å². The normalized spacial score (nSPS) is 19.5. The zero-order chi connectivity index (χ0) is 26.1. The standard InChI is InChI=1S/C26H28ClN5O5/c1-15-20(27)11-18(12-22(15)31-6-8-37-9-7-31)29-26(36)28-13-16-2-3-17-14-32(25(35)19(17)10-16)21-4-5-23(33)30-24(21)34/h2-3,10-12,21H,4-9,13-14H2,1H3,(H2,28,29,36)(H,30,33,34). The largest absolute Gasteiger partial charge is 0.378 e. The van der Waals surface area contributed by atoms with Crippen molar-refractivity contribution in [3.8, 4) is 0 Å². The molecule has 0 bridgehead atoms. The fraction of sp³-hybridized carbons (Fsp3) is 0.385. The molecule has 3 aliphatic heterocycles. The Bertz CT molecular complexity index is 1280. The van der Waals surface area contributed by atoms with E-state index in [0.717, 1.165) is 35.5 Å². The van der Waals surface area contributed by atoms with E-state index in [2.05, 4.69) is 20.9 Å². The number of halogens is 1. The van der Waals surface area contributed by atoms with E-state index in [-0.39, 0.29) is 24.8 Å². The molecular formula is C26H28ClN5O5. The first kappa shape index (κ1) is 25.0. The van der Waals surface area contributed by atoms with Crippen molar-refractivity contribution < 1.29 is 23.9 Å². The third-order valence-corrected chi connectivity index (χ3v) is 7.36. The Morgan fingerprint density at radius 1 is 1.16 bits per heavy atom. The Hall–Kier alpha value is -3.63. The number of hydrogen-bond donors (Lipinski definition) is 3. The van der Waals surface area contributed by atoms with Crippen molar-refractivity contribution in [1.82, 2.24) is 15.5 Å². The molecule has 0 spiro atoms. The van der Waals surface area contributed by atoms with Crippen molar-refractivity contribution >= 4 is 46.7 Å². The Morgan fingerprint density at radius 3 is 2.70 bits per heavy atom. The summed E-state index contributed by atoms with van der Waals surface area (Å²) in [5, 5.41) is 8.53. The SMILES string of the molecule is Cc1c(Cl)cc(NC(=O)NCc2ccc3c(c2)C(=O)N(C2CCC(=O)NC2=O)C3)cc1N1CCOCC1. The molecule has 0 aromatic heterocycles. The molecule has 1 atom stereocenters. The highest BCUT2D eigenvalue weighted by Gasteiger charge is 2.39. The number of nitrogens with one attached hydrogen (secondary N) is 3. The van der Waals surface area contributed by atoms with E-state index in [0.29, 0.717) is 42.5 Å². The third kappa shape index (κ3) is 5.26. The number of amides is 5. The van der Waals surface area contributed by atoms with Gasteiger partial charge in [0.2, 0.25) is 11.8 Å². The van der Waals surface area contributed by atoms with Crippen LogP contribution in [0, 0.1) is 6.92 Å². The highest BCUT2D eigenvalue weighted by molar-refractivity contribution is 6.32. The predicted octanol–water partition coefficient (Wildman–Crippen LogP) is 2.57. The highest BCUT2D eigenvalue weighted by atomic mass is 35.5. The van der Waals surface area contributed by atoms with E-state index in [1.807, 2.05) is 25.1 Å². The van der Waals surface area contributed by atoms with Crippen LogP contribution in [0.4, 0.5) is 16.2 Å². The fourth-order valence-corrected chi connectivity index (χ4v) is 5.15. The minimum absolute atomic E-state index is 0.209. The van der Waals surface area contributed by atoms with Crippen molar-refractivity contribution in [2.24, 2.45) is 0 Å². The minimum Gasteiger partial charge on any atom is -0.378 e. The van der Waals surface area contributed by atoms with Gasteiger partial charge in [0.1, 0.15) is 6.04 Å². The lowest BCUT2D eigenvalue weighted by Crippen LogP contribution is -2.52. The highest BCUT2D eigenvalue weighted by Crippen LogP contribution is 2.32. The third-order valence-electron chi connectivity index (χ3n) is 6.97. The van der Waals surface area contributed by atoms with Gasteiger partial charge in [-0.2, -0.15) is 0 Å². The van der Waals surface area contributed by atoms with Crippen molar-refractivity contribution in [1.29, 1.82) is 0 Å². The zero-order valence-corrected chi connectivity index (χ0v) is 21.2. The van der Waals surface area contributed by atoms with Gasteiger partial charge in [0.25, 0.3) is 5.91 Å². The topological polar surface area (TPSA) is 120 Å². The quantitative estimate of drug-likeness (QED) is 0.516. The van der Waals surface area contributed by atoms with Gasteiger partial charge >= 0.3 is 6.03 Å². The monoisotopic (exact) mass is 525 g/mol. The summed E-state index contributed by atoms with van der Waals surface area (Å²) in [5.74, 6) is -1.01. The first-order valence-electron chi connectivity index (χ1n) is 12.2. The summed E-state index contributed by atoms with van der Waals surface area (Å²) in [6.45, 7) is 5.27. The van der Waals surface area contributed by atoms with Crippen molar-refractivity contribution in [3.05, 3.63) is 57.6 Å². The molecule has 37 heavy (non-hydrogen) atoms. The summed E-state index contributed by atoms with van der Waals surface area (Å²) < 4.78 is 5.43. The molecule has 1 unspecified atom stereocenters. The molecule has 11 heteroatoms. The second-order valence-electron chi connectivity index (χ2n) is 9.40. The predicted molar refractivity (Wildman–Crippen MR) is 138 cm³/mol. The Balaban J connectivity index is 1.21. The van der Waals surface area contributed by atoms with Crippen LogP contribution >= 0.6 is 11.6 Å². The Labute approximate surface area is 219 Å². The number of fused-ring (bicyclic) bond motifs is 1. The molecule has 3 aliphatic rings. The number of nitrogens with zero attached hydrogens (tertiary/aromatic N) is 2. The van der Waals surface area contributed by atoms with E-state index < -0.39 is 18.0 Å². The van der Waals surface area contributed by atoms with Crippen LogP contribution in [0.3, 0.4) is 0 Å². The van der Waals surface area contributed by atoms with Gasteiger partial charge in [-0.25, -0.2) is 4.79 Å². The van der Waals surface area contributed by atoms with Crippen LogP contribution in [0.5, 0.6) is 0 Å². The lowest BCUT2D eigenvalue weighted by molar-refractivity contribution is -0.136. The van der Waals surface area contributed by atoms with E-state index >= 15 is 0 Å². The second kappa shape index (κ2) is 10.4. The summed E-state index contributed by atoms with van der Waals surface area (Å²) in [5.41, 5.74) is 4.56. The van der Waals surface area contributed by atoms with Gasteiger partial charge in [-0.1, -0.05) is 23.7 Å². The molecule has 2 saturated heterocycles. The molecule has 2 aromatic rings. The number of anilines is 2. The van der Waals surface area contributed by atoms with Crippen LogP contribution in [0.2, 0.25) is 5.02 Å². The van der Waals surface area contributed by atoms with Crippen molar-refractivity contribution in [3.63, 3.8) is 0 Å². The lowest BCUT2D eigenvalue weighted by Gasteiger charge is -2.30. The average molecular weight is 526 g/mol. The first-order valence-corrected chi connectivity index (χ1v) is 12.6. The molecule has 2 fully saturated rings.